The molecule has 6 heterocycles. The van der Waals surface area contributed by atoms with Gasteiger partial charge in [-0.05, 0) is 85.0 Å². The van der Waals surface area contributed by atoms with Crippen LogP contribution in [0.25, 0.3) is 11.3 Å². The SMILES string of the molecule is COc1ccc(F)c(CNC(=O)c2cn(Cc3cn4cc(C5CC5)ccc4n3)nn2)c1F.COc1ccc(F)c(CNC(=O)c2cn(Cc3cn4cc(C5CC5)ccc4n3)nn2)c1F. The fourth-order valence-electron chi connectivity index (χ4n) is 7.19. The van der Waals surface area contributed by atoms with E-state index in [1.165, 1.54) is 84.9 Å². The second kappa shape index (κ2) is 17.6. The Morgan fingerprint density at radius 2 is 1.02 bits per heavy atom. The number of aromatic nitrogens is 10. The maximum absolute atomic E-state index is 14.2. The summed E-state index contributed by atoms with van der Waals surface area (Å²) in [7, 11) is 2.57. The first kappa shape index (κ1) is 41.7. The topological polar surface area (TPSA) is 173 Å². The fraction of sp³-hybridized carbons (Fsp3) is 0.273. The van der Waals surface area contributed by atoms with Gasteiger partial charge in [0.25, 0.3) is 11.8 Å². The number of rotatable bonds is 14. The summed E-state index contributed by atoms with van der Waals surface area (Å²) in [5.74, 6) is -3.34. The Kier molecular flexibility index (Phi) is 11.5. The zero-order valence-electron chi connectivity index (χ0n) is 34.5. The van der Waals surface area contributed by atoms with Gasteiger partial charge in [-0.1, -0.05) is 22.6 Å². The van der Waals surface area contributed by atoms with Crippen molar-refractivity contribution in [2.45, 2.75) is 63.7 Å². The number of nitrogens with zero attached hydrogens (tertiary/aromatic N) is 10. The summed E-state index contributed by atoms with van der Waals surface area (Å²) in [6.45, 7) is -0.0353. The molecule has 0 radical (unpaired) electrons. The van der Waals surface area contributed by atoms with Crippen LogP contribution in [0.3, 0.4) is 0 Å². The predicted molar refractivity (Wildman–Crippen MR) is 221 cm³/mol. The number of hydrogen-bond donors (Lipinski definition) is 2. The van der Waals surface area contributed by atoms with Gasteiger partial charge in [-0.25, -0.2) is 36.9 Å². The van der Waals surface area contributed by atoms with Crippen molar-refractivity contribution in [3.63, 3.8) is 0 Å². The number of amides is 2. The molecule has 2 N–H and O–H groups in total. The Hall–Kier alpha value is -7.64. The van der Waals surface area contributed by atoms with E-state index in [0.717, 1.165) is 34.8 Å². The maximum atomic E-state index is 14.2. The summed E-state index contributed by atoms with van der Waals surface area (Å²) in [4.78, 5) is 33.9. The molecule has 64 heavy (non-hydrogen) atoms. The average Bonchev–Trinajstić information content (AvgIpc) is 4.13. The normalized spacial score (nSPS) is 13.5. The molecule has 16 nitrogen and oxygen atoms in total. The third kappa shape index (κ3) is 9.11. The molecule has 2 fully saturated rings. The van der Waals surface area contributed by atoms with Gasteiger partial charge in [0.15, 0.2) is 34.5 Å². The molecular formula is C44H40F4N12O4. The highest BCUT2D eigenvalue weighted by molar-refractivity contribution is 5.92. The molecular weight excluding hydrogens is 837 g/mol. The van der Waals surface area contributed by atoms with Crippen molar-refractivity contribution in [2.24, 2.45) is 0 Å². The smallest absolute Gasteiger partial charge is 0.273 e. The lowest BCUT2D eigenvalue weighted by Gasteiger charge is -2.09. The molecule has 0 unspecified atom stereocenters. The molecule has 10 rings (SSSR count). The summed E-state index contributed by atoms with van der Waals surface area (Å²) >= 11 is 0. The zero-order chi connectivity index (χ0) is 44.5. The largest absolute Gasteiger partial charge is 0.494 e. The molecule has 328 valence electrons. The van der Waals surface area contributed by atoms with Crippen LogP contribution < -0.4 is 20.1 Å². The lowest BCUT2D eigenvalue weighted by Crippen LogP contribution is -2.24. The molecule has 6 aromatic heterocycles. The first-order chi connectivity index (χ1) is 31.0. The number of imidazole rings is 2. The minimum Gasteiger partial charge on any atom is -0.494 e. The van der Waals surface area contributed by atoms with Crippen molar-refractivity contribution >= 4 is 23.1 Å². The lowest BCUT2D eigenvalue weighted by atomic mass is 10.2. The van der Waals surface area contributed by atoms with E-state index < -0.39 is 35.1 Å². The quantitative estimate of drug-likeness (QED) is 0.121. The molecule has 0 aliphatic heterocycles. The van der Waals surface area contributed by atoms with Crippen LogP contribution in [0.1, 0.15) is 92.1 Å². The van der Waals surface area contributed by atoms with Crippen LogP contribution in [0.2, 0.25) is 0 Å². The van der Waals surface area contributed by atoms with E-state index in [9.17, 15) is 27.2 Å². The summed E-state index contributed by atoms with van der Waals surface area (Å²) in [5, 5.41) is 20.6. The van der Waals surface area contributed by atoms with E-state index in [-0.39, 0.29) is 47.1 Å². The zero-order valence-corrected chi connectivity index (χ0v) is 34.5. The minimum absolute atomic E-state index is 0.0356. The molecule has 2 aliphatic carbocycles. The first-order valence-corrected chi connectivity index (χ1v) is 20.4. The van der Waals surface area contributed by atoms with Gasteiger partial charge in [0, 0.05) is 49.0 Å². The van der Waals surface area contributed by atoms with Crippen molar-refractivity contribution in [3.8, 4) is 11.5 Å². The van der Waals surface area contributed by atoms with Crippen LogP contribution >= 0.6 is 0 Å². The number of carbonyl (C=O) groups excluding carboxylic acids is 2. The van der Waals surface area contributed by atoms with Crippen molar-refractivity contribution in [3.05, 3.63) is 154 Å². The molecule has 0 bridgehead atoms. The van der Waals surface area contributed by atoms with Crippen molar-refractivity contribution in [2.75, 3.05) is 14.2 Å². The predicted octanol–water partition coefficient (Wildman–Crippen LogP) is 6.14. The van der Waals surface area contributed by atoms with E-state index in [1.54, 1.807) is 0 Å². The standard InChI is InChI=1S/2C22H20F2N6O2/c2*1-32-19-6-5-17(23)16(21(19)24)8-25-22(31)18-12-30(28-27-18)11-15-10-29-9-14(13-2-3-13)4-7-20(29)26-15/h2*4-7,9-10,12-13H,2-3,8,11H2,1H3,(H,25,31). The number of pyridine rings is 2. The van der Waals surface area contributed by atoms with Crippen LogP contribution in [-0.2, 0) is 26.2 Å². The van der Waals surface area contributed by atoms with Crippen LogP contribution in [0.4, 0.5) is 17.6 Å². The van der Waals surface area contributed by atoms with Gasteiger partial charge in [0.05, 0.1) is 51.1 Å². The number of nitrogens with one attached hydrogen (secondary N) is 2. The molecule has 0 saturated heterocycles. The van der Waals surface area contributed by atoms with Crippen molar-refractivity contribution in [1.29, 1.82) is 0 Å². The van der Waals surface area contributed by atoms with Gasteiger partial charge < -0.3 is 28.9 Å². The Bertz CT molecular complexity index is 2820. The van der Waals surface area contributed by atoms with Crippen LogP contribution in [0.5, 0.6) is 11.5 Å². The molecule has 0 atom stereocenters. The molecule has 2 amide bonds. The number of carbonyl (C=O) groups is 2. The maximum Gasteiger partial charge on any atom is 0.273 e. The monoisotopic (exact) mass is 876 g/mol. The molecule has 20 heteroatoms. The number of ether oxygens (including phenoxy) is 2. The Morgan fingerprint density at radius 1 is 0.594 bits per heavy atom. The number of benzene rings is 2. The third-order valence-corrected chi connectivity index (χ3v) is 10.9. The van der Waals surface area contributed by atoms with Gasteiger partial charge in [0.1, 0.15) is 22.9 Å². The molecule has 2 aromatic carbocycles. The molecule has 8 aromatic rings. The van der Waals surface area contributed by atoms with E-state index in [0.29, 0.717) is 24.9 Å². The van der Waals surface area contributed by atoms with Crippen LogP contribution in [-0.4, -0.2) is 74.8 Å². The Labute approximate surface area is 361 Å². The summed E-state index contributed by atoms with van der Waals surface area (Å²) in [5.41, 5.74) is 5.33. The highest BCUT2D eigenvalue weighted by atomic mass is 19.1. The fourth-order valence-corrected chi connectivity index (χ4v) is 7.19. The van der Waals surface area contributed by atoms with E-state index in [1.807, 2.05) is 33.3 Å². The van der Waals surface area contributed by atoms with E-state index in [2.05, 4.69) is 65.8 Å². The van der Waals surface area contributed by atoms with E-state index in [4.69, 9.17) is 9.47 Å². The number of halogens is 4. The van der Waals surface area contributed by atoms with Crippen LogP contribution in [0.15, 0.2) is 85.7 Å². The molecule has 0 spiro atoms. The summed E-state index contributed by atoms with van der Waals surface area (Å²) in [6.07, 6.45) is 15.9. The molecule has 2 saturated carbocycles. The highest BCUT2D eigenvalue weighted by Gasteiger charge is 2.25. The average molecular weight is 877 g/mol. The van der Waals surface area contributed by atoms with Gasteiger partial charge in [-0.15, -0.1) is 10.2 Å². The summed E-state index contributed by atoms with van der Waals surface area (Å²) < 4.78 is 73.0. The Morgan fingerprint density at radius 3 is 1.41 bits per heavy atom. The minimum atomic E-state index is -0.854. The highest BCUT2D eigenvalue weighted by Crippen LogP contribution is 2.40. The van der Waals surface area contributed by atoms with Gasteiger partial charge in [0.2, 0.25) is 0 Å². The van der Waals surface area contributed by atoms with Crippen molar-refractivity contribution < 1.29 is 36.6 Å². The van der Waals surface area contributed by atoms with Gasteiger partial charge >= 0.3 is 0 Å². The first-order valence-electron chi connectivity index (χ1n) is 20.4. The third-order valence-electron chi connectivity index (χ3n) is 10.9. The lowest BCUT2D eigenvalue weighted by molar-refractivity contribution is 0.0937. The second-order valence-electron chi connectivity index (χ2n) is 15.5. The van der Waals surface area contributed by atoms with Crippen molar-refractivity contribution in [1.82, 2.24) is 59.4 Å². The second-order valence-corrected chi connectivity index (χ2v) is 15.5. The summed E-state index contributed by atoms with van der Waals surface area (Å²) in [6, 6.07) is 12.7. The van der Waals surface area contributed by atoms with E-state index >= 15 is 0 Å². The number of methoxy groups -OCH3 is 2. The number of fused-ring (bicyclic) bond motifs is 2. The number of hydrogen-bond acceptors (Lipinski definition) is 10. The molecule has 2 aliphatic rings. The van der Waals surface area contributed by atoms with Crippen LogP contribution in [0, 0.1) is 23.3 Å². The van der Waals surface area contributed by atoms with Gasteiger partial charge in [-0.3, -0.25) is 9.59 Å². The Balaban J connectivity index is 0.000000162. The van der Waals surface area contributed by atoms with Gasteiger partial charge in [-0.2, -0.15) is 0 Å².